The predicted molar refractivity (Wildman–Crippen MR) is 67.5 cm³/mol. The van der Waals surface area contributed by atoms with Crippen molar-refractivity contribution < 1.29 is 12.8 Å². The van der Waals surface area contributed by atoms with Crippen LogP contribution in [-0.4, -0.2) is 27.5 Å². The van der Waals surface area contributed by atoms with Gasteiger partial charge in [0.15, 0.2) is 0 Å². The molecule has 1 aliphatic heterocycles. The third-order valence-electron chi connectivity index (χ3n) is 3.10. The molecule has 4 nitrogen and oxygen atoms in total. The Balaban J connectivity index is 2.29. The quantitative estimate of drug-likeness (QED) is 0.866. The standard InChI is InChI=1S/C12H17FN2O2S/c1-8-5-11(6-9(2)12(8)13)18(16,17)15-10-3-4-14-7-10/h5-6,10,14-15H,3-4,7H2,1-2H3. The van der Waals surface area contributed by atoms with Gasteiger partial charge in [-0.25, -0.2) is 17.5 Å². The Kier molecular flexibility index (Phi) is 3.70. The van der Waals surface area contributed by atoms with Gasteiger partial charge in [-0.05, 0) is 50.1 Å². The molecule has 0 spiro atoms. The van der Waals surface area contributed by atoms with Crippen molar-refractivity contribution >= 4 is 10.0 Å². The summed E-state index contributed by atoms with van der Waals surface area (Å²) in [6, 6.07) is 2.65. The lowest BCUT2D eigenvalue weighted by Crippen LogP contribution is -2.36. The molecule has 0 radical (unpaired) electrons. The number of rotatable bonds is 3. The van der Waals surface area contributed by atoms with Gasteiger partial charge in [-0.1, -0.05) is 0 Å². The van der Waals surface area contributed by atoms with Crippen molar-refractivity contribution in [1.29, 1.82) is 0 Å². The first-order valence-electron chi connectivity index (χ1n) is 5.90. The van der Waals surface area contributed by atoms with Crippen LogP contribution in [0.1, 0.15) is 17.5 Å². The zero-order chi connectivity index (χ0) is 13.3. The molecule has 6 heteroatoms. The van der Waals surface area contributed by atoms with E-state index in [2.05, 4.69) is 10.0 Å². The van der Waals surface area contributed by atoms with Gasteiger partial charge >= 0.3 is 0 Å². The van der Waals surface area contributed by atoms with Crippen LogP contribution in [0, 0.1) is 19.7 Å². The number of aryl methyl sites for hydroxylation is 2. The fourth-order valence-corrected chi connectivity index (χ4v) is 3.54. The maximum atomic E-state index is 13.5. The lowest BCUT2D eigenvalue weighted by molar-refractivity contribution is 0.558. The van der Waals surface area contributed by atoms with Gasteiger partial charge in [0.25, 0.3) is 0 Å². The molecule has 2 N–H and O–H groups in total. The van der Waals surface area contributed by atoms with Gasteiger partial charge in [0.2, 0.25) is 10.0 Å². The number of hydrogen-bond acceptors (Lipinski definition) is 3. The van der Waals surface area contributed by atoms with Crippen molar-refractivity contribution in [2.45, 2.75) is 31.2 Å². The number of halogens is 1. The van der Waals surface area contributed by atoms with Crippen molar-refractivity contribution in [2.24, 2.45) is 0 Å². The van der Waals surface area contributed by atoms with E-state index >= 15 is 0 Å². The van der Waals surface area contributed by atoms with Crippen molar-refractivity contribution in [3.63, 3.8) is 0 Å². The van der Waals surface area contributed by atoms with Crippen molar-refractivity contribution in [3.05, 3.63) is 29.1 Å². The molecule has 0 aliphatic carbocycles. The number of sulfonamides is 1. The fraction of sp³-hybridized carbons (Fsp3) is 0.500. The Morgan fingerprint density at radius 3 is 2.44 bits per heavy atom. The summed E-state index contributed by atoms with van der Waals surface area (Å²) >= 11 is 0. The highest BCUT2D eigenvalue weighted by molar-refractivity contribution is 7.89. The first-order chi connectivity index (χ1) is 8.40. The summed E-state index contributed by atoms with van der Waals surface area (Å²) in [5.74, 6) is -0.350. The molecule has 0 aromatic heterocycles. The largest absolute Gasteiger partial charge is 0.315 e. The van der Waals surface area contributed by atoms with Gasteiger partial charge in [-0.3, -0.25) is 0 Å². The Morgan fingerprint density at radius 2 is 1.94 bits per heavy atom. The minimum Gasteiger partial charge on any atom is -0.315 e. The summed E-state index contributed by atoms with van der Waals surface area (Å²) in [6.45, 7) is 4.59. The Labute approximate surface area is 107 Å². The zero-order valence-electron chi connectivity index (χ0n) is 10.5. The van der Waals surface area contributed by atoms with Crippen LogP contribution in [0.5, 0.6) is 0 Å². The molecule has 18 heavy (non-hydrogen) atoms. The maximum Gasteiger partial charge on any atom is 0.240 e. The van der Waals surface area contributed by atoms with E-state index in [1.165, 1.54) is 12.1 Å². The van der Waals surface area contributed by atoms with Gasteiger partial charge < -0.3 is 5.32 Å². The number of hydrogen-bond donors (Lipinski definition) is 2. The molecule has 1 aromatic carbocycles. The fourth-order valence-electron chi connectivity index (χ4n) is 2.10. The first-order valence-corrected chi connectivity index (χ1v) is 7.38. The highest BCUT2D eigenvalue weighted by Gasteiger charge is 2.23. The molecule has 0 amide bonds. The van der Waals surface area contributed by atoms with E-state index in [9.17, 15) is 12.8 Å². The summed E-state index contributed by atoms with van der Waals surface area (Å²) in [5.41, 5.74) is 0.694. The number of nitrogens with one attached hydrogen (secondary N) is 2. The molecule has 1 heterocycles. The molecule has 1 aromatic rings. The summed E-state index contributed by atoms with van der Waals surface area (Å²) in [7, 11) is -3.56. The van der Waals surface area contributed by atoms with E-state index in [1.54, 1.807) is 13.8 Å². The summed E-state index contributed by atoms with van der Waals surface area (Å²) < 4.78 is 40.4. The second kappa shape index (κ2) is 4.95. The lowest BCUT2D eigenvalue weighted by atomic mass is 10.1. The SMILES string of the molecule is Cc1cc(S(=O)(=O)NC2CCNC2)cc(C)c1F. The lowest BCUT2D eigenvalue weighted by Gasteiger charge is -2.13. The Hall–Kier alpha value is -0.980. The minimum atomic E-state index is -3.56. The second-order valence-corrected chi connectivity index (χ2v) is 6.40. The Bertz CT molecular complexity index is 528. The molecule has 0 bridgehead atoms. The maximum absolute atomic E-state index is 13.5. The van der Waals surface area contributed by atoms with E-state index in [4.69, 9.17) is 0 Å². The van der Waals surface area contributed by atoms with Crippen LogP contribution in [0.3, 0.4) is 0 Å². The van der Waals surface area contributed by atoms with E-state index in [1.807, 2.05) is 0 Å². The highest BCUT2D eigenvalue weighted by atomic mass is 32.2. The molecule has 100 valence electrons. The highest BCUT2D eigenvalue weighted by Crippen LogP contribution is 2.19. The molecule has 1 unspecified atom stereocenters. The van der Waals surface area contributed by atoms with E-state index < -0.39 is 10.0 Å². The van der Waals surface area contributed by atoms with Crippen molar-refractivity contribution in [3.8, 4) is 0 Å². The summed E-state index contributed by atoms with van der Waals surface area (Å²) in [4.78, 5) is 0.130. The van der Waals surface area contributed by atoms with E-state index in [0.29, 0.717) is 17.7 Å². The average molecular weight is 272 g/mol. The van der Waals surface area contributed by atoms with Crippen LogP contribution >= 0.6 is 0 Å². The van der Waals surface area contributed by atoms with Crippen LogP contribution in [-0.2, 0) is 10.0 Å². The van der Waals surface area contributed by atoms with Crippen molar-refractivity contribution in [1.82, 2.24) is 10.0 Å². The smallest absolute Gasteiger partial charge is 0.240 e. The van der Waals surface area contributed by atoms with Crippen LogP contribution < -0.4 is 10.0 Å². The molecule has 2 rings (SSSR count). The molecule has 0 saturated carbocycles. The molecule has 1 fully saturated rings. The predicted octanol–water partition coefficient (Wildman–Crippen LogP) is 1.08. The van der Waals surface area contributed by atoms with Gasteiger partial charge in [0.1, 0.15) is 5.82 Å². The van der Waals surface area contributed by atoms with Crippen LogP contribution in [0.15, 0.2) is 17.0 Å². The van der Waals surface area contributed by atoms with Gasteiger partial charge in [0, 0.05) is 12.6 Å². The third kappa shape index (κ3) is 2.71. The molecular weight excluding hydrogens is 255 g/mol. The molecule has 1 atom stereocenters. The molecular formula is C12H17FN2O2S. The third-order valence-corrected chi connectivity index (χ3v) is 4.60. The van der Waals surface area contributed by atoms with Gasteiger partial charge in [-0.15, -0.1) is 0 Å². The normalized spacial score (nSPS) is 20.3. The van der Waals surface area contributed by atoms with Gasteiger partial charge in [0.05, 0.1) is 4.90 Å². The van der Waals surface area contributed by atoms with E-state index in [-0.39, 0.29) is 16.8 Å². The first kappa shape index (κ1) is 13.5. The van der Waals surface area contributed by atoms with Crippen LogP contribution in [0.4, 0.5) is 4.39 Å². The van der Waals surface area contributed by atoms with Crippen molar-refractivity contribution in [2.75, 3.05) is 13.1 Å². The Morgan fingerprint density at radius 1 is 1.33 bits per heavy atom. The summed E-state index contributed by atoms with van der Waals surface area (Å²) in [5, 5.41) is 3.09. The number of benzene rings is 1. The second-order valence-electron chi connectivity index (χ2n) is 4.68. The van der Waals surface area contributed by atoms with E-state index in [0.717, 1.165) is 13.0 Å². The monoisotopic (exact) mass is 272 g/mol. The molecule has 1 aliphatic rings. The van der Waals surface area contributed by atoms with Crippen LogP contribution in [0.2, 0.25) is 0 Å². The van der Waals surface area contributed by atoms with Gasteiger partial charge in [-0.2, -0.15) is 0 Å². The minimum absolute atomic E-state index is 0.0827. The average Bonchev–Trinajstić information content (AvgIpc) is 2.77. The zero-order valence-corrected chi connectivity index (χ0v) is 11.3. The van der Waals surface area contributed by atoms with Crippen LogP contribution in [0.25, 0.3) is 0 Å². The topological polar surface area (TPSA) is 58.2 Å². The summed E-state index contributed by atoms with van der Waals surface area (Å²) in [6.07, 6.45) is 0.776. The molecule has 1 saturated heterocycles.